The molecule has 2 fully saturated rings. The highest BCUT2D eigenvalue weighted by molar-refractivity contribution is 5.68. The largest absolute Gasteiger partial charge is 0.450 e. The van der Waals surface area contributed by atoms with Gasteiger partial charge in [-0.15, -0.1) is 0 Å². The number of anilines is 1. The van der Waals surface area contributed by atoms with Crippen molar-refractivity contribution in [1.82, 2.24) is 10.2 Å². The summed E-state index contributed by atoms with van der Waals surface area (Å²) in [7, 11) is 0. The molecule has 5 nitrogen and oxygen atoms in total. The number of amides is 1. The lowest BCUT2D eigenvalue weighted by molar-refractivity contribution is 0.0637. The molecule has 3 rings (SSSR count). The summed E-state index contributed by atoms with van der Waals surface area (Å²) in [5.41, 5.74) is 1.25. The van der Waals surface area contributed by atoms with E-state index in [2.05, 4.69) is 34.5 Å². The zero-order valence-corrected chi connectivity index (χ0v) is 13.9. The zero-order chi connectivity index (χ0) is 16.1. The smallest absolute Gasteiger partial charge is 0.410 e. The SMILES string of the molecule is CCOC(=O)N1CCN(c2ccccc2)CC1C1CCNCC1. The Morgan fingerprint density at radius 2 is 1.96 bits per heavy atom. The summed E-state index contributed by atoms with van der Waals surface area (Å²) in [4.78, 5) is 16.7. The normalized spacial score (nSPS) is 22.9. The Morgan fingerprint density at radius 3 is 2.65 bits per heavy atom. The van der Waals surface area contributed by atoms with Gasteiger partial charge in [0.05, 0.1) is 12.6 Å². The van der Waals surface area contributed by atoms with E-state index in [4.69, 9.17) is 4.74 Å². The van der Waals surface area contributed by atoms with Gasteiger partial charge in [0, 0.05) is 25.3 Å². The molecule has 2 heterocycles. The summed E-state index contributed by atoms with van der Waals surface area (Å²) in [6.07, 6.45) is 2.11. The fourth-order valence-electron chi connectivity index (χ4n) is 3.75. The van der Waals surface area contributed by atoms with E-state index in [1.54, 1.807) is 0 Å². The quantitative estimate of drug-likeness (QED) is 0.929. The molecule has 2 aliphatic rings. The van der Waals surface area contributed by atoms with E-state index >= 15 is 0 Å². The summed E-state index contributed by atoms with van der Waals surface area (Å²) in [6.45, 7) is 6.90. The van der Waals surface area contributed by atoms with Crippen molar-refractivity contribution >= 4 is 11.8 Å². The molecule has 1 atom stereocenters. The van der Waals surface area contributed by atoms with Crippen LogP contribution in [0.1, 0.15) is 19.8 Å². The molecular formula is C18H27N3O2. The molecular weight excluding hydrogens is 290 g/mol. The number of ether oxygens (including phenoxy) is 1. The molecule has 0 radical (unpaired) electrons. The van der Waals surface area contributed by atoms with Crippen molar-refractivity contribution in [3.05, 3.63) is 30.3 Å². The second-order valence-corrected chi connectivity index (χ2v) is 6.33. The van der Waals surface area contributed by atoms with Crippen LogP contribution in [-0.2, 0) is 4.74 Å². The van der Waals surface area contributed by atoms with E-state index in [1.807, 2.05) is 17.9 Å². The van der Waals surface area contributed by atoms with Crippen LogP contribution in [-0.4, -0.2) is 56.4 Å². The van der Waals surface area contributed by atoms with Crippen LogP contribution in [0.4, 0.5) is 10.5 Å². The van der Waals surface area contributed by atoms with Crippen molar-refractivity contribution in [1.29, 1.82) is 0 Å². The monoisotopic (exact) mass is 317 g/mol. The lowest BCUT2D eigenvalue weighted by Gasteiger charge is -2.46. The van der Waals surface area contributed by atoms with Crippen molar-refractivity contribution in [2.45, 2.75) is 25.8 Å². The van der Waals surface area contributed by atoms with Gasteiger partial charge >= 0.3 is 6.09 Å². The Hall–Kier alpha value is -1.75. The highest BCUT2D eigenvalue weighted by Crippen LogP contribution is 2.27. The predicted molar refractivity (Wildman–Crippen MR) is 91.8 cm³/mol. The number of piperidine rings is 1. The van der Waals surface area contributed by atoms with Gasteiger partial charge in [-0.05, 0) is 50.9 Å². The van der Waals surface area contributed by atoms with E-state index in [1.165, 1.54) is 5.69 Å². The summed E-state index contributed by atoms with van der Waals surface area (Å²) >= 11 is 0. The van der Waals surface area contributed by atoms with Crippen molar-refractivity contribution < 1.29 is 9.53 Å². The molecule has 1 aromatic carbocycles. The molecule has 0 aromatic heterocycles. The van der Waals surface area contributed by atoms with Gasteiger partial charge in [-0.3, -0.25) is 0 Å². The Kier molecular flexibility index (Phi) is 5.39. The van der Waals surface area contributed by atoms with E-state index in [0.717, 1.165) is 45.6 Å². The number of rotatable bonds is 3. The molecule has 1 unspecified atom stereocenters. The third-order valence-electron chi connectivity index (χ3n) is 4.97. The summed E-state index contributed by atoms with van der Waals surface area (Å²) in [6, 6.07) is 10.7. The minimum absolute atomic E-state index is 0.149. The first-order valence-electron chi connectivity index (χ1n) is 8.73. The lowest BCUT2D eigenvalue weighted by atomic mass is 9.87. The molecule has 126 valence electrons. The Morgan fingerprint density at radius 1 is 1.22 bits per heavy atom. The second kappa shape index (κ2) is 7.68. The highest BCUT2D eigenvalue weighted by atomic mass is 16.6. The van der Waals surface area contributed by atoms with Crippen LogP contribution in [0, 0.1) is 5.92 Å². The minimum Gasteiger partial charge on any atom is -0.450 e. The number of benzene rings is 1. The van der Waals surface area contributed by atoms with Crippen LogP contribution < -0.4 is 10.2 Å². The third-order valence-corrected chi connectivity index (χ3v) is 4.97. The highest BCUT2D eigenvalue weighted by Gasteiger charge is 2.37. The number of carbonyl (C=O) groups excluding carboxylic acids is 1. The molecule has 23 heavy (non-hydrogen) atoms. The van der Waals surface area contributed by atoms with Gasteiger partial charge in [0.2, 0.25) is 0 Å². The van der Waals surface area contributed by atoms with E-state index < -0.39 is 0 Å². The molecule has 0 spiro atoms. The molecule has 0 aliphatic carbocycles. The number of hydrogen-bond acceptors (Lipinski definition) is 4. The number of para-hydroxylation sites is 1. The second-order valence-electron chi connectivity index (χ2n) is 6.33. The summed E-state index contributed by atoms with van der Waals surface area (Å²) in [5.74, 6) is 0.548. The lowest BCUT2D eigenvalue weighted by Crippen LogP contribution is -2.59. The van der Waals surface area contributed by atoms with E-state index in [0.29, 0.717) is 12.5 Å². The maximum Gasteiger partial charge on any atom is 0.410 e. The van der Waals surface area contributed by atoms with Gasteiger partial charge in [0.15, 0.2) is 0 Å². The third kappa shape index (κ3) is 3.78. The average molecular weight is 317 g/mol. The van der Waals surface area contributed by atoms with Gasteiger partial charge < -0.3 is 19.9 Å². The van der Waals surface area contributed by atoms with Crippen molar-refractivity contribution in [3.63, 3.8) is 0 Å². The number of carbonyl (C=O) groups is 1. The van der Waals surface area contributed by atoms with E-state index in [-0.39, 0.29) is 12.1 Å². The van der Waals surface area contributed by atoms with Gasteiger partial charge in [-0.25, -0.2) is 4.79 Å². The van der Waals surface area contributed by atoms with Crippen molar-refractivity contribution in [2.75, 3.05) is 44.2 Å². The van der Waals surface area contributed by atoms with Gasteiger partial charge in [-0.2, -0.15) is 0 Å². The summed E-state index contributed by atoms with van der Waals surface area (Å²) < 4.78 is 5.30. The number of nitrogens with one attached hydrogen (secondary N) is 1. The fourth-order valence-corrected chi connectivity index (χ4v) is 3.75. The molecule has 0 saturated carbocycles. The van der Waals surface area contributed by atoms with Crippen LogP contribution in [0.2, 0.25) is 0 Å². The first kappa shape index (κ1) is 16.1. The molecule has 0 bridgehead atoms. The van der Waals surface area contributed by atoms with Crippen LogP contribution in [0.25, 0.3) is 0 Å². The molecule has 2 saturated heterocycles. The van der Waals surface area contributed by atoms with Gasteiger partial charge in [-0.1, -0.05) is 18.2 Å². The summed E-state index contributed by atoms with van der Waals surface area (Å²) in [5, 5.41) is 3.42. The molecule has 1 aromatic rings. The number of nitrogens with zero attached hydrogens (tertiary/aromatic N) is 2. The molecule has 2 aliphatic heterocycles. The van der Waals surface area contributed by atoms with Crippen LogP contribution >= 0.6 is 0 Å². The molecule has 1 N–H and O–H groups in total. The van der Waals surface area contributed by atoms with Crippen LogP contribution in [0.5, 0.6) is 0 Å². The van der Waals surface area contributed by atoms with Crippen LogP contribution in [0.3, 0.4) is 0 Å². The van der Waals surface area contributed by atoms with Crippen LogP contribution in [0.15, 0.2) is 30.3 Å². The topological polar surface area (TPSA) is 44.8 Å². The van der Waals surface area contributed by atoms with Crippen molar-refractivity contribution in [2.24, 2.45) is 5.92 Å². The average Bonchev–Trinajstić information content (AvgIpc) is 2.63. The Balaban J connectivity index is 1.76. The standard InChI is InChI=1S/C18H27N3O2/c1-2-23-18(22)21-13-12-20(16-6-4-3-5-7-16)14-17(21)15-8-10-19-11-9-15/h3-7,15,17,19H,2,8-14H2,1H3. The number of hydrogen-bond donors (Lipinski definition) is 1. The van der Waals surface area contributed by atoms with Gasteiger partial charge in [0.1, 0.15) is 0 Å². The van der Waals surface area contributed by atoms with Gasteiger partial charge in [0.25, 0.3) is 0 Å². The number of piperazine rings is 1. The first-order chi connectivity index (χ1) is 11.3. The molecule has 5 heteroatoms. The molecule has 1 amide bonds. The Bertz CT molecular complexity index is 502. The van der Waals surface area contributed by atoms with E-state index in [9.17, 15) is 4.79 Å². The fraction of sp³-hybridized carbons (Fsp3) is 0.611. The maximum absolute atomic E-state index is 12.4. The zero-order valence-electron chi connectivity index (χ0n) is 13.9. The Labute approximate surface area is 138 Å². The first-order valence-corrected chi connectivity index (χ1v) is 8.73. The maximum atomic E-state index is 12.4. The van der Waals surface area contributed by atoms with Crippen molar-refractivity contribution in [3.8, 4) is 0 Å². The predicted octanol–water partition coefficient (Wildman–Crippen LogP) is 2.33. The minimum atomic E-state index is -0.149.